The third-order valence-electron chi connectivity index (χ3n) is 1.59. The summed E-state index contributed by atoms with van der Waals surface area (Å²) >= 11 is 0. The fraction of sp³-hybridized carbons (Fsp3) is 0.333. The molecule has 0 aliphatic heterocycles. The van der Waals surface area contributed by atoms with Crippen molar-refractivity contribution in [3.05, 3.63) is 35.4 Å². The second-order valence-corrected chi connectivity index (χ2v) is 2.68. The average molecular weight is 208 g/mol. The van der Waals surface area contributed by atoms with Gasteiger partial charge in [0.15, 0.2) is 0 Å². The molecule has 4 heteroatoms. The van der Waals surface area contributed by atoms with Crippen LogP contribution in [0.2, 0.25) is 0 Å². The van der Waals surface area contributed by atoms with Crippen LogP contribution in [0.15, 0.2) is 18.2 Å². The summed E-state index contributed by atoms with van der Waals surface area (Å²) in [4.78, 5) is 0. The molecule has 0 radical (unpaired) electrons. The highest BCUT2D eigenvalue weighted by Crippen LogP contribution is 2.06. The Kier molecular flexibility index (Phi) is 5.58. The van der Waals surface area contributed by atoms with Gasteiger partial charge in [0, 0.05) is 11.6 Å². The number of nitrogens with two attached hydrogens (primary N) is 1. The molecule has 2 N–H and O–H groups in total. The molecule has 0 aliphatic carbocycles. The average Bonchev–Trinajstić information content (AvgIpc) is 1.99. The van der Waals surface area contributed by atoms with Crippen LogP contribution in [0.4, 0.5) is 8.78 Å². The summed E-state index contributed by atoms with van der Waals surface area (Å²) in [7, 11) is 0. The minimum Gasteiger partial charge on any atom is -1.00 e. The van der Waals surface area contributed by atoms with Gasteiger partial charge in [0.2, 0.25) is 0 Å². The van der Waals surface area contributed by atoms with Crippen LogP contribution in [-0.2, 0) is 6.54 Å². The molecule has 0 bridgehead atoms. The number of benzene rings is 1. The summed E-state index contributed by atoms with van der Waals surface area (Å²) in [5.74, 6) is -1.01. The van der Waals surface area contributed by atoms with Crippen LogP contribution < -0.4 is 17.7 Å². The Balaban J connectivity index is 0.00000144. The van der Waals surface area contributed by atoms with Crippen molar-refractivity contribution < 1.29 is 26.5 Å². The molecular formula is C9H12ClF2N. The predicted octanol–water partition coefficient (Wildman–Crippen LogP) is -1.95. The van der Waals surface area contributed by atoms with E-state index in [1.54, 1.807) is 0 Å². The van der Waals surface area contributed by atoms with E-state index in [-0.39, 0.29) is 12.4 Å². The van der Waals surface area contributed by atoms with E-state index in [1.807, 2.05) is 12.2 Å². The van der Waals surface area contributed by atoms with E-state index in [1.165, 1.54) is 12.1 Å². The normalized spacial score (nSPS) is 9.46. The van der Waals surface area contributed by atoms with Crippen LogP contribution in [0, 0.1) is 11.6 Å². The van der Waals surface area contributed by atoms with Gasteiger partial charge in [-0.2, -0.15) is 0 Å². The van der Waals surface area contributed by atoms with E-state index >= 15 is 0 Å². The molecule has 13 heavy (non-hydrogen) atoms. The summed E-state index contributed by atoms with van der Waals surface area (Å²) in [5, 5.41) is 1.98. The van der Waals surface area contributed by atoms with Gasteiger partial charge in [-0.1, -0.05) is 0 Å². The van der Waals surface area contributed by atoms with Gasteiger partial charge in [-0.25, -0.2) is 8.78 Å². The minimum atomic E-state index is -0.505. The Morgan fingerprint density at radius 1 is 1.15 bits per heavy atom. The lowest BCUT2D eigenvalue weighted by molar-refractivity contribution is -0.667. The van der Waals surface area contributed by atoms with E-state index in [0.717, 1.165) is 12.6 Å². The summed E-state index contributed by atoms with van der Waals surface area (Å²) in [6.07, 6.45) is 0. The van der Waals surface area contributed by atoms with Gasteiger partial charge in [-0.05, 0) is 19.1 Å². The summed E-state index contributed by atoms with van der Waals surface area (Å²) in [6, 6.07) is 3.60. The van der Waals surface area contributed by atoms with Crippen molar-refractivity contribution in [2.24, 2.45) is 0 Å². The third kappa shape index (κ3) is 4.20. The lowest BCUT2D eigenvalue weighted by Gasteiger charge is -1.99. The monoisotopic (exact) mass is 207 g/mol. The maximum atomic E-state index is 12.6. The first-order valence-corrected chi connectivity index (χ1v) is 3.99. The fourth-order valence-corrected chi connectivity index (χ4v) is 1.04. The zero-order valence-corrected chi connectivity index (χ0v) is 8.11. The molecule has 0 fully saturated rings. The van der Waals surface area contributed by atoms with Crippen LogP contribution >= 0.6 is 0 Å². The Morgan fingerprint density at radius 2 is 1.69 bits per heavy atom. The Hall–Kier alpha value is -0.670. The fourth-order valence-electron chi connectivity index (χ4n) is 1.04. The maximum Gasteiger partial charge on any atom is 0.126 e. The minimum absolute atomic E-state index is 0. The Labute approximate surface area is 82.6 Å². The standard InChI is InChI=1S/C9H11F2N.ClH/c1-2-12-6-7-3-8(10)5-9(11)4-7;/h3-5,12H,2,6H2,1H3;1H. The molecule has 0 atom stereocenters. The van der Waals surface area contributed by atoms with Gasteiger partial charge in [-0.3, -0.25) is 0 Å². The number of rotatable bonds is 3. The Bertz CT molecular complexity index is 246. The topological polar surface area (TPSA) is 16.6 Å². The maximum absolute atomic E-state index is 12.6. The van der Waals surface area contributed by atoms with Crippen molar-refractivity contribution in [1.82, 2.24) is 0 Å². The smallest absolute Gasteiger partial charge is 0.126 e. The lowest BCUT2D eigenvalue weighted by atomic mass is 10.2. The van der Waals surface area contributed by atoms with Gasteiger partial charge >= 0.3 is 0 Å². The Morgan fingerprint density at radius 3 is 2.15 bits per heavy atom. The molecule has 1 aromatic carbocycles. The molecule has 0 saturated heterocycles. The highest BCUT2D eigenvalue weighted by molar-refractivity contribution is 5.16. The van der Waals surface area contributed by atoms with Crippen LogP contribution in [0.5, 0.6) is 0 Å². The molecule has 0 saturated carbocycles. The number of hydrogen-bond acceptors (Lipinski definition) is 0. The molecule has 0 unspecified atom stereocenters. The van der Waals surface area contributed by atoms with Gasteiger partial charge in [0.1, 0.15) is 18.2 Å². The highest BCUT2D eigenvalue weighted by Gasteiger charge is 2.00. The molecule has 1 nitrogen and oxygen atoms in total. The zero-order chi connectivity index (χ0) is 8.97. The second-order valence-electron chi connectivity index (χ2n) is 2.68. The lowest BCUT2D eigenvalue weighted by Crippen LogP contribution is -3.00. The van der Waals surface area contributed by atoms with Crippen LogP contribution in [0.1, 0.15) is 12.5 Å². The summed E-state index contributed by atoms with van der Waals surface area (Å²) in [6.45, 7) is 3.54. The molecule has 0 aromatic heterocycles. The molecule has 0 heterocycles. The summed E-state index contributed by atoms with van der Waals surface area (Å²) < 4.78 is 25.2. The van der Waals surface area contributed by atoms with E-state index < -0.39 is 11.6 Å². The van der Waals surface area contributed by atoms with Crippen LogP contribution in [0.3, 0.4) is 0 Å². The van der Waals surface area contributed by atoms with Gasteiger partial charge < -0.3 is 17.7 Å². The van der Waals surface area contributed by atoms with E-state index in [9.17, 15) is 8.78 Å². The zero-order valence-electron chi connectivity index (χ0n) is 7.36. The molecule has 0 amide bonds. The number of halogens is 3. The highest BCUT2D eigenvalue weighted by atomic mass is 35.5. The van der Waals surface area contributed by atoms with Crippen molar-refractivity contribution in [3.63, 3.8) is 0 Å². The van der Waals surface area contributed by atoms with Gasteiger partial charge in [0.25, 0.3) is 0 Å². The second kappa shape index (κ2) is 5.89. The number of hydrogen-bond donors (Lipinski definition) is 1. The first kappa shape index (κ1) is 12.3. The molecular weight excluding hydrogens is 196 g/mol. The molecule has 0 aliphatic rings. The van der Waals surface area contributed by atoms with Crippen molar-refractivity contribution >= 4 is 0 Å². The molecule has 74 valence electrons. The van der Waals surface area contributed by atoms with Crippen molar-refractivity contribution in [1.29, 1.82) is 0 Å². The van der Waals surface area contributed by atoms with Crippen molar-refractivity contribution in [2.75, 3.05) is 6.54 Å². The predicted molar refractivity (Wildman–Crippen MR) is 42.5 cm³/mol. The summed E-state index contributed by atoms with van der Waals surface area (Å²) in [5.41, 5.74) is 0.689. The van der Waals surface area contributed by atoms with E-state index in [2.05, 4.69) is 0 Å². The van der Waals surface area contributed by atoms with E-state index in [4.69, 9.17) is 0 Å². The molecule has 0 spiro atoms. The third-order valence-corrected chi connectivity index (χ3v) is 1.59. The van der Waals surface area contributed by atoms with Crippen LogP contribution in [-0.4, -0.2) is 6.54 Å². The SMILES string of the molecule is CC[NH2+]Cc1cc(F)cc(F)c1.[Cl-]. The van der Waals surface area contributed by atoms with Crippen molar-refractivity contribution in [3.8, 4) is 0 Å². The van der Waals surface area contributed by atoms with Crippen molar-refractivity contribution in [2.45, 2.75) is 13.5 Å². The van der Waals surface area contributed by atoms with E-state index in [0.29, 0.717) is 12.1 Å². The van der Waals surface area contributed by atoms with Crippen LogP contribution in [0.25, 0.3) is 0 Å². The quantitative estimate of drug-likeness (QED) is 0.594. The van der Waals surface area contributed by atoms with Gasteiger partial charge in [-0.15, -0.1) is 0 Å². The first-order valence-electron chi connectivity index (χ1n) is 3.99. The number of quaternary nitrogens is 1. The first-order chi connectivity index (χ1) is 5.72. The molecule has 1 rings (SSSR count). The van der Waals surface area contributed by atoms with Gasteiger partial charge in [0.05, 0.1) is 6.54 Å². The molecule has 1 aromatic rings. The largest absolute Gasteiger partial charge is 1.00 e.